The van der Waals surface area contributed by atoms with Crippen molar-refractivity contribution in [1.82, 2.24) is 10.6 Å². The first-order chi connectivity index (χ1) is 9.58. The van der Waals surface area contributed by atoms with E-state index in [1.54, 1.807) is 12.1 Å². The molecular weight excluding hydrogens is 259 g/mol. The summed E-state index contributed by atoms with van der Waals surface area (Å²) in [7, 11) is 0. The molecule has 0 saturated heterocycles. The van der Waals surface area contributed by atoms with Crippen LogP contribution in [0.2, 0.25) is 0 Å². The maximum absolute atomic E-state index is 12.7. The molecule has 1 rings (SSSR count). The Morgan fingerprint density at radius 2 is 1.70 bits per heavy atom. The van der Waals surface area contributed by atoms with Crippen molar-refractivity contribution in [1.29, 1.82) is 0 Å². The standard InChI is InChI=1S/C15H21FN2O2/c1-12(19)17-10-3-11-18-15(20)5-2-4-13-6-8-14(16)9-7-13/h6-9H,2-5,10-11H2,1H3,(H,17,19)(H,18,20). The molecule has 0 aliphatic heterocycles. The van der Waals surface area contributed by atoms with Gasteiger partial charge >= 0.3 is 0 Å². The van der Waals surface area contributed by atoms with E-state index in [9.17, 15) is 14.0 Å². The lowest BCUT2D eigenvalue weighted by molar-refractivity contribution is -0.121. The molecule has 0 unspecified atom stereocenters. The lowest BCUT2D eigenvalue weighted by Crippen LogP contribution is -2.28. The van der Waals surface area contributed by atoms with Crippen LogP contribution in [0.4, 0.5) is 4.39 Å². The average Bonchev–Trinajstić information content (AvgIpc) is 2.40. The van der Waals surface area contributed by atoms with Gasteiger partial charge in [0.1, 0.15) is 5.82 Å². The number of nitrogens with one attached hydrogen (secondary N) is 2. The second kappa shape index (κ2) is 9.07. The second-order valence-electron chi connectivity index (χ2n) is 4.67. The second-order valence-corrected chi connectivity index (χ2v) is 4.67. The molecule has 0 atom stereocenters. The van der Waals surface area contributed by atoms with Crippen LogP contribution in [0, 0.1) is 5.82 Å². The zero-order valence-corrected chi connectivity index (χ0v) is 11.7. The molecule has 20 heavy (non-hydrogen) atoms. The Kier molecular flexibility index (Phi) is 7.32. The van der Waals surface area contributed by atoms with E-state index in [0.717, 1.165) is 24.8 Å². The van der Waals surface area contributed by atoms with Gasteiger partial charge < -0.3 is 10.6 Å². The number of carbonyl (C=O) groups excluding carboxylic acids is 2. The fraction of sp³-hybridized carbons (Fsp3) is 0.467. The molecule has 0 aliphatic carbocycles. The van der Waals surface area contributed by atoms with Crippen LogP contribution < -0.4 is 10.6 Å². The highest BCUT2D eigenvalue weighted by Gasteiger charge is 2.01. The van der Waals surface area contributed by atoms with Gasteiger partial charge in [0.15, 0.2) is 0 Å². The Hall–Kier alpha value is -1.91. The van der Waals surface area contributed by atoms with Crippen LogP contribution in [0.1, 0.15) is 31.7 Å². The van der Waals surface area contributed by atoms with Crippen LogP contribution in [0.3, 0.4) is 0 Å². The van der Waals surface area contributed by atoms with E-state index in [2.05, 4.69) is 10.6 Å². The predicted molar refractivity (Wildman–Crippen MR) is 75.6 cm³/mol. The zero-order valence-electron chi connectivity index (χ0n) is 11.7. The number of hydrogen-bond acceptors (Lipinski definition) is 2. The topological polar surface area (TPSA) is 58.2 Å². The fourth-order valence-electron chi connectivity index (χ4n) is 1.77. The van der Waals surface area contributed by atoms with E-state index in [1.165, 1.54) is 19.1 Å². The first kappa shape index (κ1) is 16.1. The third-order valence-corrected chi connectivity index (χ3v) is 2.83. The summed E-state index contributed by atoms with van der Waals surface area (Å²) < 4.78 is 12.7. The summed E-state index contributed by atoms with van der Waals surface area (Å²) in [6.45, 7) is 2.61. The van der Waals surface area contributed by atoms with Gasteiger partial charge in [-0.3, -0.25) is 9.59 Å². The quantitative estimate of drug-likeness (QED) is 0.713. The minimum absolute atomic E-state index is 0.00920. The summed E-state index contributed by atoms with van der Waals surface area (Å²) in [6, 6.07) is 6.33. The lowest BCUT2D eigenvalue weighted by atomic mass is 10.1. The molecule has 2 amide bonds. The van der Waals surface area contributed by atoms with Crippen molar-refractivity contribution in [2.45, 2.75) is 32.6 Å². The van der Waals surface area contributed by atoms with Crippen molar-refractivity contribution in [3.63, 3.8) is 0 Å². The Morgan fingerprint density at radius 3 is 2.35 bits per heavy atom. The van der Waals surface area contributed by atoms with E-state index < -0.39 is 0 Å². The highest BCUT2D eigenvalue weighted by molar-refractivity contribution is 5.75. The van der Waals surface area contributed by atoms with Crippen LogP contribution in [0.15, 0.2) is 24.3 Å². The third kappa shape index (κ3) is 7.51. The number of carbonyl (C=O) groups is 2. The Balaban J connectivity index is 2.05. The van der Waals surface area contributed by atoms with Gasteiger partial charge in [-0.2, -0.15) is 0 Å². The molecule has 0 radical (unpaired) electrons. The highest BCUT2D eigenvalue weighted by Crippen LogP contribution is 2.06. The number of halogens is 1. The van der Waals surface area contributed by atoms with E-state index >= 15 is 0 Å². The lowest BCUT2D eigenvalue weighted by Gasteiger charge is -2.06. The van der Waals surface area contributed by atoms with Crippen LogP contribution in [-0.4, -0.2) is 24.9 Å². The van der Waals surface area contributed by atoms with Gasteiger partial charge in [0, 0.05) is 26.4 Å². The number of benzene rings is 1. The zero-order chi connectivity index (χ0) is 14.8. The van der Waals surface area contributed by atoms with Gasteiger partial charge in [-0.1, -0.05) is 12.1 Å². The molecule has 0 saturated carbocycles. The van der Waals surface area contributed by atoms with Gasteiger partial charge in [0.05, 0.1) is 0 Å². The molecule has 1 aromatic rings. The Bertz CT molecular complexity index is 432. The van der Waals surface area contributed by atoms with Gasteiger partial charge in [0.2, 0.25) is 11.8 Å². The molecule has 0 heterocycles. The molecule has 110 valence electrons. The molecule has 5 heteroatoms. The van der Waals surface area contributed by atoms with E-state index in [0.29, 0.717) is 19.5 Å². The first-order valence-corrected chi connectivity index (χ1v) is 6.83. The maximum atomic E-state index is 12.7. The summed E-state index contributed by atoms with van der Waals surface area (Å²) in [5.41, 5.74) is 1.03. The smallest absolute Gasteiger partial charge is 0.220 e. The molecule has 0 aliphatic rings. The molecule has 1 aromatic carbocycles. The van der Waals surface area contributed by atoms with Gasteiger partial charge in [-0.05, 0) is 37.0 Å². The van der Waals surface area contributed by atoms with Crippen molar-refractivity contribution in [3.8, 4) is 0 Å². The van der Waals surface area contributed by atoms with E-state index in [4.69, 9.17) is 0 Å². The van der Waals surface area contributed by atoms with Crippen molar-refractivity contribution < 1.29 is 14.0 Å². The third-order valence-electron chi connectivity index (χ3n) is 2.83. The van der Waals surface area contributed by atoms with E-state index in [1.807, 2.05) is 0 Å². The van der Waals surface area contributed by atoms with Crippen molar-refractivity contribution in [2.75, 3.05) is 13.1 Å². The van der Waals surface area contributed by atoms with Crippen LogP contribution in [-0.2, 0) is 16.0 Å². The monoisotopic (exact) mass is 280 g/mol. The van der Waals surface area contributed by atoms with Crippen molar-refractivity contribution >= 4 is 11.8 Å². The van der Waals surface area contributed by atoms with Crippen LogP contribution in [0.5, 0.6) is 0 Å². The summed E-state index contributed by atoms with van der Waals surface area (Å²) in [4.78, 5) is 22.1. The summed E-state index contributed by atoms with van der Waals surface area (Å²) in [6.07, 6.45) is 2.68. The average molecular weight is 280 g/mol. The van der Waals surface area contributed by atoms with Crippen molar-refractivity contribution in [3.05, 3.63) is 35.6 Å². The Labute approximate surface area is 118 Å². The molecule has 0 bridgehead atoms. The van der Waals surface area contributed by atoms with E-state index in [-0.39, 0.29) is 17.6 Å². The maximum Gasteiger partial charge on any atom is 0.220 e. The highest BCUT2D eigenvalue weighted by atomic mass is 19.1. The minimum atomic E-state index is -0.245. The fourth-order valence-corrected chi connectivity index (χ4v) is 1.77. The molecule has 4 nitrogen and oxygen atoms in total. The summed E-state index contributed by atoms with van der Waals surface area (Å²) in [5.74, 6) is -0.295. The predicted octanol–water partition coefficient (Wildman–Crippen LogP) is 1.79. The summed E-state index contributed by atoms with van der Waals surface area (Å²) in [5, 5.41) is 5.47. The van der Waals surface area contributed by atoms with Gasteiger partial charge in [-0.15, -0.1) is 0 Å². The number of aryl methyl sites for hydroxylation is 1. The molecule has 0 spiro atoms. The number of rotatable bonds is 8. The van der Waals surface area contributed by atoms with Crippen molar-refractivity contribution in [2.24, 2.45) is 0 Å². The molecule has 2 N–H and O–H groups in total. The molecule has 0 fully saturated rings. The molecular formula is C15H21FN2O2. The Morgan fingerprint density at radius 1 is 1.05 bits per heavy atom. The number of hydrogen-bond donors (Lipinski definition) is 2. The summed E-state index contributed by atoms with van der Waals surface area (Å²) >= 11 is 0. The van der Waals surface area contributed by atoms with Gasteiger partial charge in [0.25, 0.3) is 0 Å². The number of amides is 2. The SMILES string of the molecule is CC(=O)NCCCNC(=O)CCCc1ccc(F)cc1. The van der Waals surface area contributed by atoms with Crippen LogP contribution in [0.25, 0.3) is 0 Å². The normalized spacial score (nSPS) is 10.1. The van der Waals surface area contributed by atoms with Crippen LogP contribution >= 0.6 is 0 Å². The minimum Gasteiger partial charge on any atom is -0.356 e. The largest absolute Gasteiger partial charge is 0.356 e. The first-order valence-electron chi connectivity index (χ1n) is 6.83. The van der Waals surface area contributed by atoms with Gasteiger partial charge in [-0.25, -0.2) is 4.39 Å². The molecule has 0 aromatic heterocycles.